The van der Waals surface area contributed by atoms with Gasteiger partial charge in [0.05, 0.1) is 34.2 Å². The van der Waals surface area contributed by atoms with E-state index in [4.69, 9.17) is 9.98 Å². The van der Waals surface area contributed by atoms with E-state index < -0.39 is 6.04 Å². The molecule has 0 bridgehead atoms. The zero-order chi connectivity index (χ0) is 40.5. The van der Waals surface area contributed by atoms with Crippen molar-refractivity contribution in [3.05, 3.63) is 121 Å². The smallest absolute Gasteiger partial charge is 0.323 e. The van der Waals surface area contributed by atoms with Gasteiger partial charge < -0.3 is 20.6 Å². The SMILES string of the molecule is CCCc1ccc(C2=N[C@@H](CC(=O)NCCCCCNC(=O)c3ccc4c(c3)nc(CC)n4-c3ccc4[nH]c(=O)[nH]c4c3)c3nnc(C)n3-c3sc(C)c(C)c32)cc1. The van der Waals surface area contributed by atoms with E-state index in [1.165, 1.54) is 16.0 Å². The Morgan fingerprint density at radius 1 is 0.862 bits per heavy atom. The lowest BCUT2D eigenvalue weighted by Crippen LogP contribution is -2.27. The van der Waals surface area contributed by atoms with Crippen LogP contribution in [0.2, 0.25) is 0 Å². The van der Waals surface area contributed by atoms with Gasteiger partial charge in [-0.05, 0) is 94.0 Å². The molecule has 4 N–H and O–H groups in total. The van der Waals surface area contributed by atoms with Crippen LogP contribution in [0.25, 0.3) is 32.8 Å². The maximum Gasteiger partial charge on any atom is 0.323 e. The fourth-order valence-corrected chi connectivity index (χ4v) is 9.02. The number of carbonyl (C=O) groups is 2. The first-order chi connectivity index (χ1) is 28.1. The number of hydrogen-bond acceptors (Lipinski definition) is 8. The first-order valence-electron chi connectivity index (χ1n) is 20.1. The number of H-pyrrole nitrogens is 2. The van der Waals surface area contributed by atoms with Gasteiger partial charge in [-0.1, -0.05) is 44.5 Å². The molecule has 1 aliphatic heterocycles. The lowest BCUT2D eigenvalue weighted by atomic mass is 9.98. The topological polar surface area (TPSA) is 168 Å². The van der Waals surface area contributed by atoms with E-state index in [-0.39, 0.29) is 23.9 Å². The highest BCUT2D eigenvalue weighted by atomic mass is 32.1. The Hall–Kier alpha value is -6.15. The third-order valence-electron chi connectivity index (χ3n) is 10.9. The monoisotopic (exact) mass is 796 g/mol. The highest BCUT2D eigenvalue weighted by Gasteiger charge is 2.32. The summed E-state index contributed by atoms with van der Waals surface area (Å²) in [5.41, 5.74) is 9.71. The van der Waals surface area contributed by atoms with Crippen LogP contribution in [-0.4, -0.2) is 64.9 Å². The fraction of sp³-hybridized carbons (Fsp3) is 0.341. The minimum absolute atomic E-state index is 0.0888. The molecule has 3 aromatic carbocycles. The van der Waals surface area contributed by atoms with Crippen molar-refractivity contribution in [2.24, 2.45) is 4.99 Å². The largest absolute Gasteiger partial charge is 0.356 e. The van der Waals surface area contributed by atoms with E-state index in [9.17, 15) is 14.4 Å². The molecule has 8 rings (SSSR count). The van der Waals surface area contributed by atoms with E-state index in [1.807, 2.05) is 50.2 Å². The molecule has 0 aliphatic carbocycles. The summed E-state index contributed by atoms with van der Waals surface area (Å²) in [4.78, 5) is 55.3. The second-order valence-corrected chi connectivity index (χ2v) is 16.1. The molecule has 4 aromatic heterocycles. The Morgan fingerprint density at radius 2 is 1.64 bits per heavy atom. The van der Waals surface area contributed by atoms with Gasteiger partial charge in [-0.15, -0.1) is 21.5 Å². The molecular formula is C44H48N10O3S. The molecule has 58 heavy (non-hydrogen) atoms. The number of hydrogen-bond donors (Lipinski definition) is 4. The van der Waals surface area contributed by atoms with Crippen LogP contribution >= 0.6 is 11.3 Å². The average molecular weight is 797 g/mol. The van der Waals surface area contributed by atoms with Crippen LogP contribution in [0.3, 0.4) is 0 Å². The molecule has 0 unspecified atom stereocenters. The van der Waals surface area contributed by atoms with Gasteiger partial charge in [-0.2, -0.15) is 0 Å². The summed E-state index contributed by atoms with van der Waals surface area (Å²) in [7, 11) is 0. The van der Waals surface area contributed by atoms with Gasteiger partial charge in [0, 0.05) is 46.8 Å². The number of aliphatic imine (C=N–C) groups is 1. The quantitative estimate of drug-likeness (QED) is 0.0845. The number of nitrogens with one attached hydrogen (secondary N) is 4. The van der Waals surface area contributed by atoms with Crippen molar-refractivity contribution >= 4 is 50.9 Å². The lowest BCUT2D eigenvalue weighted by molar-refractivity contribution is -0.121. The number of amides is 2. The number of thiophene rings is 1. The summed E-state index contributed by atoms with van der Waals surface area (Å²) in [6.07, 6.45) is 5.36. The Balaban J connectivity index is 0.863. The maximum atomic E-state index is 13.4. The van der Waals surface area contributed by atoms with Gasteiger partial charge >= 0.3 is 5.69 Å². The van der Waals surface area contributed by atoms with Crippen molar-refractivity contribution in [1.29, 1.82) is 0 Å². The van der Waals surface area contributed by atoms with Crippen LogP contribution in [0.4, 0.5) is 0 Å². The molecule has 0 saturated heterocycles. The number of fused-ring (bicyclic) bond motifs is 5. The average Bonchev–Trinajstić information content (AvgIpc) is 3.95. The minimum atomic E-state index is -0.497. The molecule has 0 fully saturated rings. The van der Waals surface area contributed by atoms with E-state index in [1.54, 1.807) is 11.3 Å². The number of nitrogens with zero attached hydrogens (tertiary/aromatic N) is 6. The molecule has 13 nitrogen and oxygen atoms in total. The second-order valence-electron chi connectivity index (χ2n) is 14.9. The van der Waals surface area contributed by atoms with Gasteiger partial charge in [-0.3, -0.25) is 23.7 Å². The van der Waals surface area contributed by atoms with E-state index >= 15 is 0 Å². The van der Waals surface area contributed by atoms with Gasteiger partial charge in [0.25, 0.3) is 5.91 Å². The Morgan fingerprint density at radius 3 is 2.41 bits per heavy atom. The van der Waals surface area contributed by atoms with Crippen molar-refractivity contribution < 1.29 is 9.59 Å². The standard InChI is InChI=1S/C44H48N10O3S/c1-6-11-28-12-14-29(15-13-28)40-39-25(3)26(4)58-43(39)53-27(5)51-52-41(53)35(48-40)24-38(55)45-20-9-8-10-21-46-42(56)30-16-19-36-34(22-30)47-37(7-2)54(36)31-17-18-32-33(23-31)50-44(57)49-32/h12-19,22-23,35H,6-11,20-21,24H2,1-5H3,(H,45,55)(H,46,56)(H2,49,50,57)/t35-/m0/s1. The molecule has 7 aromatic rings. The zero-order valence-corrected chi connectivity index (χ0v) is 34.3. The number of aromatic nitrogens is 7. The second kappa shape index (κ2) is 16.4. The Bertz CT molecular complexity index is 2750. The van der Waals surface area contributed by atoms with Gasteiger partial charge in [-0.25, -0.2) is 9.78 Å². The number of rotatable bonds is 14. The summed E-state index contributed by atoms with van der Waals surface area (Å²) in [5.74, 6) is 2.06. The molecule has 0 radical (unpaired) electrons. The van der Waals surface area contributed by atoms with E-state index in [0.717, 1.165) is 93.3 Å². The normalized spacial score (nSPS) is 13.7. The van der Waals surface area contributed by atoms with Crippen molar-refractivity contribution in [1.82, 2.24) is 44.9 Å². The number of unbranched alkanes of at least 4 members (excludes halogenated alkanes) is 2. The van der Waals surface area contributed by atoms with Crippen molar-refractivity contribution in [2.45, 2.75) is 85.6 Å². The first-order valence-corrected chi connectivity index (χ1v) is 20.9. The number of aryl methyl sites for hydroxylation is 4. The predicted octanol–water partition coefficient (Wildman–Crippen LogP) is 7.28. The third kappa shape index (κ3) is 7.51. The summed E-state index contributed by atoms with van der Waals surface area (Å²) >= 11 is 1.71. The molecular weight excluding hydrogens is 749 g/mol. The van der Waals surface area contributed by atoms with Crippen LogP contribution in [0.15, 0.2) is 70.5 Å². The number of carbonyl (C=O) groups excluding carboxylic acids is 2. The number of benzene rings is 3. The van der Waals surface area contributed by atoms with Crippen LogP contribution in [0, 0.1) is 20.8 Å². The number of aromatic amines is 2. The molecule has 1 aliphatic rings. The Kier molecular flexibility index (Phi) is 10.9. The molecule has 5 heterocycles. The lowest BCUT2D eigenvalue weighted by Gasteiger charge is -2.13. The Labute approximate surface area is 340 Å². The minimum Gasteiger partial charge on any atom is -0.356 e. The zero-order valence-electron chi connectivity index (χ0n) is 33.5. The summed E-state index contributed by atoms with van der Waals surface area (Å²) in [6, 6.07) is 19.4. The summed E-state index contributed by atoms with van der Waals surface area (Å²) in [5, 5.41) is 16.1. The molecule has 1 atom stereocenters. The summed E-state index contributed by atoms with van der Waals surface area (Å²) in [6.45, 7) is 11.5. The maximum absolute atomic E-state index is 13.4. The van der Waals surface area contributed by atoms with Crippen molar-refractivity contribution in [3.63, 3.8) is 0 Å². The van der Waals surface area contributed by atoms with Gasteiger partial charge in [0.1, 0.15) is 22.7 Å². The van der Waals surface area contributed by atoms with E-state index in [0.29, 0.717) is 30.9 Å². The molecule has 0 saturated carbocycles. The molecule has 2 amide bonds. The third-order valence-corrected chi connectivity index (χ3v) is 12.1. The number of imidazole rings is 2. The van der Waals surface area contributed by atoms with Crippen LogP contribution in [0.5, 0.6) is 0 Å². The van der Waals surface area contributed by atoms with Crippen molar-refractivity contribution in [2.75, 3.05) is 13.1 Å². The first kappa shape index (κ1) is 38.7. The van der Waals surface area contributed by atoms with Crippen LogP contribution in [-0.2, 0) is 17.6 Å². The molecule has 298 valence electrons. The summed E-state index contributed by atoms with van der Waals surface area (Å²) < 4.78 is 4.14. The molecule has 14 heteroatoms. The van der Waals surface area contributed by atoms with Crippen LogP contribution in [0.1, 0.15) is 107 Å². The van der Waals surface area contributed by atoms with Gasteiger partial charge in [0.2, 0.25) is 5.91 Å². The van der Waals surface area contributed by atoms with Gasteiger partial charge in [0.15, 0.2) is 5.82 Å². The van der Waals surface area contributed by atoms with Crippen molar-refractivity contribution in [3.8, 4) is 10.7 Å². The molecule has 0 spiro atoms. The van der Waals surface area contributed by atoms with E-state index in [2.05, 4.69) is 85.0 Å². The highest BCUT2D eigenvalue weighted by molar-refractivity contribution is 7.15. The fourth-order valence-electron chi connectivity index (χ4n) is 7.81. The predicted molar refractivity (Wildman–Crippen MR) is 229 cm³/mol. The van der Waals surface area contributed by atoms with Crippen LogP contribution < -0.4 is 16.3 Å². The highest BCUT2D eigenvalue weighted by Crippen LogP contribution is 2.39.